The number of aromatic hydroxyl groups is 2. The number of hydrogen-bond donors (Lipinski definition) is 2. The van der Waals surface area contributed by atoms with E-state index in [0.717, 1.165) is 5.56 Å². The molecule has 2 heterocycles. The van der Waals surface area contributed by atoms with Gasteiger partial charge in [0.2, 0.25) is 0 Å². The average Bonchev–Trinajstić information content (AvgIpc) is 2.53. The van der Waals surface area contributed by atoms with Gasteiger partial charge in [-0.2, -0.15) is 0 Å². The van der Waals surface area contributed by atoms with Crippen molar-refractivity contribution < 1.29 is 24.5 Å². The van der Waals surface area contributed by atoms with Crippen LogP contribution in [-0.2, 0) is 0 Å². The molecule has 2 aliphatic rings. The lowest BCUT2D eigenvalue weighted by molar-refractivity contribution is 0.0842. The molecule has 0 radical (unpaired) electrons. The normalized spacial score (nSPS) is 20.2. The summed E-state index contributed by atoms with van der Waals surface area (Å²) in [5.74, 6) is 0.672. The molecule has 2 aliphatic heterocycles. The second-order valence-electron chi connectivity index (χ2n) is 6.87. The van der Waals surface area contributed by atoms with E-state index in [9.17, 15) is 15.0 Å². The minimum Gasteiger partial charge on any atom is -0.508 e. The lowest BCUT2D eigenvalue weighted by atomic mass is 9.92. The Morgan fingerprint density at radius 2 is 1.84 bits per heavy atom. The number of rotatable bonds is 1. The summed E-state index contributed by atoms with van der Waals surface area (Å²) < 4.78 is 11.9. The molecule has 0 aliphatic carbocycles. The van der Waals surface area contributed by atoms with Crippen molar-refractivity contribution in [1.29, 1.82) is 0 Å². The topological polar surface area (TPSA) is 76.0 Å². The fourth-order valence-electron chi connectivity index (χ4n) is 3.19. The van der Waals surface area contributed by atoms with Crippen LogP contribution in [0.2, 0.25) is 0 Å². The fraction of sp³-hybridized carbons (Fsp3) is 0.250. The minimum atomic E-state index is -0.497. The number of phenolic OH excluding ortho intramolecular Hbond substituents is 2. The van der Waals surface area contributed by atoms with E-state index in [0.29, 0.717) is 17.1 Å². The number of ketones is 1. The molecule has 0 spiro atoms. The van der Waals surface area contributed by atoms with Crippen molar-refractivity contribution in [3.63, 3.8) is 0 Å². The van der Waals surface area contributed by atoms with Gasteiger partial charge >= 0.3 is 0 Å². The van der Waals surface area contributed by atoms with Crippen molar-refractivity contribution in [3.8, 4) is 23.0 Å². The highest BCUT2D eigenvalue weighted by Gasteiger charge is 2.34. The van der Waals surface area contributed by atoms with Gasteiger partial charge in [0.15, 0.2) is 5.78 Å². The van der Waals surface area contributed by atoms with Gasteiger partial charge in [-0.15, -0.1) is 0 Å². The standard InChI is InChI=1S/C20H18O5/c1-20(2)8-7-13-16(25-20)10-17-18(19(13)23)14(22)9-15(24-17)11-3-5-12(21)6-4-11/h3-8,10,15,21,23H,9H2,1-2H3/t15-/m1/s1. The molecule has 5 heteroatoms. The third kappa shape index (κ3) is 2.61. The van der Waals surface area contributed by atoms with E-state index in [1.54, 1.807) is 36.4 Å². The van der Waals surface area contributed by atoms with Crippen molar-refractivity contribution in [2.24, 2.45) is 0 Å². The largest absolute Gasteiger partial charge is 0.508 e. The summed E-state index contributed by atoms with van der Waals surface area (Å²) in [6.45, 7) is 3.82. The monoisotopic (exact) mass is 338 g/mol. The van der Waals surface area contributed by atoms with Gasteiger partial charge in [-0.3, -0.25) is 4.79 Å². The SMILES string of the molecule is CC1(C)C=Cc2c(cc3c(c2O)C(=O)C[C@H](c2ccc(O)cc2)O3)O1. The van der Waals surface area contributed by atoms with Crippen LogP contribution in [0.3, 0.4) is 0 Å². The molecule has 0 unspecified atom stereocenters. The lowest BCUT2D eigenvalue weighted by Gasteiger charge is -2.31. The Labute approximate surface area is 145 Å². The van der Waals surface area contributed by atoms with Crippen LogP contribution in [0.4, 0.5) is 0 Å². The Balaban J connectivity index is 1.77. The zero-order valence-electron chi connectivity index (χ0n) is 13.9. The Kier molecular flexibility index (Phi) is 3.29. The quantitative estimate of drug-likeness (QED) is 0.822. The van der Waals surface area contributed by atoms with Gasteiger partial charge in [0, 0.05) is 6.07 Å². The van der Waals surface area contributed by atoms with Crippen LogP contribution >= 0.6 is 0 Å². The molecule has 1 atom stereocenters. The number of Topliss-reactive ketones (excluding diaryl/α,β-unsaturated/α-hetero) is 1. The zero-order chi connectivity index (χ0) is 17.8. The summed E-state index contributed by atoms with van der Waals surface area (Å²) in [5.41, 5.74) is 0.984. The van der Waals surface area contributed by atoms with E-state index in [4.69, 9.17) is 9.47 Å². The summed E-state index contributed by atoms with van der Waals surface area (Å²) in [6, 6.07) is 8.22. The first kappa shape index (κ1) is 15.6. The van der Waals surface area contributed by atoms with Gasteiger partial charge in [0.05, 0.1) is 12.0 Å². The first-order valence-corrected chi connectivity index (χ1v) is 8.11. The van der Waals surface area contributed by atoms with Crippen LogP contribution in [0, 0.1) is 0 Å². The maximum absolute atomic E-state index is 12.6. The molecule has 0 saturated heterocycles. The number of carbonyl (C=O) groups excluding carboxylic acids is 1. The summed E-state index contributed by atoms with van der Waals surface area (Å²) in [5, 5.41) is 20.0. The van der Waals surface area contributed by atoms with Crippen LogP contribution in [-0.4, -0.2) is 21.6 Å². The summed E-state index contributed by atoms with van der Waals surface area (Å²) >= 11 is 0. The van der Waals surface area contributed by atoms with Crippen LogP contribution in [0.25, 0.3) is 6.08 Å². The molecule has 0 fully saturated rings. The van der Waals surface area contributed by atoms with E-state index >= 15 is 0 Å². The second-order valence-corrected chi connectivity index (χ2v) is 6.87. The fourth-order valence-corrected chi connectivity index (χ4v) is 3.19. The molecular weight excluding hydrogens is 320 g/mol. The third-order valence-electron chi connectivity index (χ3n) is 4.47. The van der Waals surface area contributed by atoms with E-state index in [1.165, 1.54) is 0 Å². The number of fused-ring (bicyclic) bond motifs is 2. The smallest absolute Gasteiger partial charge is 0.174 e. The Morgan fingerprint density at radius 3 is 2.56 bits per heavy atom. The predicted molar refractivity (Wildman–Crippen MR) is 92.3 cm³/mol. The number of benzene rings is 2. The number of carbonyl (C=O) groups is 1. The summed E-state index contributed by atoms with van der Waals surface area (Å²) in [6.07, 6.45) is 3.27. The Hall–Kier alpha value is -2.95. The molecule has 0 aromatic heterocycles. The Bertz CT molecular complexity index is 893. The van der Waals surface area contributed by atoms with Crippen molar-refractivity contribution in [3.05, 3.63) is 53.1 Å². The second kappa shape index (κ2) is 5.28. The Morgan fingerprint density at radius 1 is 1.12 bits per heavy atom. The van der Waals surface area contributed by atoms with E-state index < -0.39 is 11.7 Å². The van der Waals surface area contributed by atoms with Gasteiger partial charge in [-0.1, -0.05) is 12.1 Å². The van der Waals surface area contributed by atoms with Crippen LogP contribution in [0.1, 0.15) is 47.9 Å². The van der Waals surface area contributed by atoms with Crippen LogP contribution in [0.5, 0.6) is 23.0 Å². The van der Waals surface area contributed by atoms with Gasteiger partial charge in [0.1, 0.15) is 40.3 Å². The zero-order valence-corrected chi connectivity index (χ0v) is 13.9. The summed E-state index contributed by atoms with van der Waals surface area (Å²) in [7, 11) is 0. The maximum atomic E-state index is 12.6. The molecule has 0 amide bonds. The molecule has 2 N–H and O–H groups in total. The number of ether oxygens (including phenoxy) is 2. The lowest BCUT2D eigenvalue weighted by Crippen LogP contribution is -2.28. The van der Waals surface area contributed by atoms with Crippen molar-refractivity contribution in [1.82, 2.24) is 0 Å². The molecule has 128 valence electrons. The van der Waals surface area contributed by atoms with Gasteiger partial charge < -0.3 is 19.7 Å². The van der Waals surface area contributed by atoms with Crippen molar-refractivity contribution in [2.75, 3.05) is 0 Å². The third-order valence-corrected chi connectivity index (χ3v) is 4.47. The first-order valence-electron chi connectivity index (χ1n) is 8.11. The van der Waals surface area contributed by atoms with Gasteiger partial charge in [-0.05, 0) is 43.7 Å². The highest BCUT2D eigenvalue weighted by Crippen LogP contribution is 2.47. The molecule has 5 nitrogen and oxygen atoms in total. The molecule has 2 aromatic carbocycles. The van der Waals surface area contributed by atoms with E-state index in [1.807, 2.05) is 19.9 Å². The molecule has 4 rings (SSSR count). The van der Waals surface area contributed by atoms with Gasteiger partial charge in [0.25, 0.3) is 0 Å². The molecular formula is C20H18O5. The minimum absolute atomic E-state index is 0.103. The van der Waals surface area contributed by atoms with E-state index in [2.05, 4.69) is 0 Å². The first-order chi connectivity index (χ1) is 11.8. The molecule has 2 aromatic rings. The van der Waals surface area contributed by atoms with Crippen LogP contribution < -0.4 is 9.47 Å². The highest BCUT2D eigenvalue weighted by molar-refractivity contribution is 6.04. The highest BCUT2D eigenvalue weighted by atomic mass is 16.5. The number of phenols is 2. The average molecular weight is 338 g/mol. The molecule has 25 heavy (non-hydrogen) atoms. The van der Waals surface area contributed by atoms with Crippen molar-refractivity contribution in [2.45, 2.75) is 32.0 Å². The predicted octanol–water partition coefficient (Wildman–Crippen LogP) is 3.99. The number of hydrogen-bond acceptors (Lipinski definition) is 5. The van der Waals surface area contributed by atoms with Gasteiger partial charge in [-0.25, -0.2) is 0 Å². The van der Waals surface area contributed by atoms with E-state index in [-0.39, 0.29) is 29.3 Å². The summed E-state index contributed by atoms with van der Waals surface area (Å²) in [4.78, 5) is 12.6. The van der Waals surface area contributed by atoms with Crippen molar-refractivity contribution >= 4 is 11.9 Å². The molecule has 0 bridgehead atoms. The molecule has 0 saturated carbocycles. The van der Waals surface area contributed by atoms with Crippen LogP contribution in [0.15, 0.2) is 36.4 Å². The maximum Gasteiger partial charge on any atom is 0.174 e.